The van der Waals surface area contributed by atoms with Gasteiger partial charge in [-0.2, -0.15) is 0 Å². The standard InChI is InChI=1S/C16H31NO/c1-3-12-17-14-6-10-16(11-7-14)18-15-8-4-13(2)5-9-15/h13-17H,3-12H2,1-2H3. The molecule has 0 atom stereocenters. The van der Waals surface area contributed by atoms with Crippen LogP contribution in [0.5, 0.6) is 0 Å². The Kier molecular flexibility index (Phi) is 5.97. The maximum Gasteiger partial charge on any atom is 0.0580 e. The van der Waals surface area contributed by atoms with Crippen molar-refractivity contribution in [2.75, 3.05) is 6.54 Å². The zero-order chi connectivity index (χ0) is 12.8. The van der Waals surface area contributed by atoms with Crippen molar-refractivity contribution in [3.05, 3.63) is 0 Å². The quantitative estimate of drug-likeness (QED) is 0.802. The fourth-order valence-corrected chi connectivity index (χ4v) is 3.39. The maximum absolute atomic E-state index is 6.31. The van der Waals surface area contributed by atoms with E-state index >= 15 is 0 Å². The highest BCUT2D eigenvalue weighted by atomic mass is 16.5. The Labute approximate surface area is 113 Å². The topological polar surface area (TPSA) is 21.3 Å². The van der Waals surface area contributed by atoms with E-state index in [1.807, 2.05) is 0 Å². The Hall–Kier alpha value is -0.0800. The molecule has 2 heteroatoms. The highest BCUT2D eigenvalue weighted by Gasteiger charge is 2.25. The van der Waals surface area contributed by atoms with Crippen molar-refractivity contribution in [2.45, 2.75) is 89.9 Å². The molecule has 0 bridgehead atoms. The molecule has 0 aromatic heterocycles. The van der Waals surface area contributed by atoms with Crippen LogP contribution in [0.3, 0.4) is 0 Å². The van der Waals surface area contributed by atoms with Crippen LogP contribution in [-0.4, -0.2) is 24.8 Å². The van der Waals surface area contributed by atoms with Crippen LogP contribution in [0.25, 0.3) is 0 Å². The molecule has 0 radical (unpaired) electrons. The van der Waals surface area contributed by atoms with Gasteiger partial charge >= 0.3 is 0 Å². The zero-order valence-corrected chi connectivity index (χ0v) is 12.3. The van der Waals surface area contributed by atoms with Gasteiger partial charge in [0, 0.05) is 6.04 Å². The summed E-state index contributed by atoms with van der Waals surface area (Å²) in [5.74, 6) is 0.929. The fraction of sp³-hybridized carbons (Fsp3) is 1.00. The molecule has 2 aliphatic carbocycles. The van der Waals surface area contributed by atoms with E-state index in [-0.39, 0.29) is 0 Å². The van der Waals surface area contributed by atoms with Gasteiger partial charge in [-0.15, -0.1) is 0 Å². The Bertz CT molecular complexity index is 215. The number of hydrogen-bond acceptors (Lipinski definition) is 2. The molecule has 106 valence electrons. The van der Waals surface area contributed by atoms with Gasteiger partial charge in [0.1, 0.15) is 0 Å². The molecule has 2 fully saturated rings. The molecule has 0 heterocycles. The van der Waals surface area contributed by atoms with E-state index in [2.05, 4.69) is 19.2 Å². The summed E-state index contributed by atoms with van der Waals surface area (Å²) >= 11 is 0. The van der Waals surface area contributed by atoms with Gasteiger partial charge in [0.05, 0.1) is 12.2 Å². The van der Waals surface area contributed by atoms with Crippen LogP contribution in [0.2, 0.25) is 0 Å². The van der Waals surface area contributed by atoms with Crippen molar-refractivity contribution in [3.63, 3.8) is 0 Å². The molecule has 2 rings (SSSR count). The van der Waals surface area contributed by atoms with Crippen molar-refractivity contribution in [3.8, 4) is 0 Å². The normalized spacial score (nSPS) is 37.7. The molecule has 0 aromatic rings. The van der Waals surface area contributed by atoms with E-state index in [9.17, 15) is 0 Å². The third-order valence-electron chi connectivity index (χ3n) is 4.71. The summed E-state index contributed by atoms with van der Waals surface area (Å²) < 4.78 is 6.31. The van der Waals surface area contributed by atoms with E-state index in [0.717, 1.165) is 12.0 Å². The molecule has 0 amide bonds. The molecule has 0 aromatic carbocycles. The molecule has 0 unspecified atom stereocenters. The first kappa shape index (κ1) is 14.3. The van der Waals surface area contributed by atoms with Gasteiger partial charge in [-0.25, -0.2) is 0 Å². The van der Waals surface area contributed by atoms with Crippen LogP contribution < -0.4 is 5.32 Å². The number of ether oxygens (including phenoxy) is 1. The third-order valence-corrected chi connectivity index (χ3v) is 4.71. The van der Waals surface area contributed by atoms with Crippen molar-refractivity contribution in [1.29, 1.82) is 0 Å². The lowest BCUT2D eigenvalue weighted by Crippen LogP contribution is -2.37. The first-order valence-corrected chi connectivity index (χ1v) is 8.16. The molecule has 2 aliphatic rings. The van der Waals surface area contributed by atoms with Crippen molar-refractivity contribution in [2.24, 2.45) is 5.92 Å². The SMILES string of the molecule is CCCNC1CCC(OC2CCC(C)CC2)CC1. The van der Waals surface area contributed by atoms with Gasteiger partial charge in [-0.3, -0.25) is 0 Å². The smallest absolute Gasteiger partial charge is 0.0580 e. The summed E-state index contributed by atoms with van der Waals surface area (Å²) in [6.45, 7) is 5.79. The van der Waals surface area contributed by atoms with Crippen molar-refractivity contribution in [1.82, 2.24) is 5.32 Å². The summed E-state index contributed by atoms with van der Waals surface area (Å²) in [6, 6.07) is 0.760. The number of hydrogen-bond donors (Lipinski definition) is 1. The molecule has 0 saturated heterocycles. The van der Waals surface area contributed by atoms with Crippen LogP contribution in [-0.2, 0) is 4.74 Å². The molecule has 2 saturated carbocycles. The van der Waals surface area contributed by atoms with Gasteiger partial charge in [0.15, 0.2) is 0 Å². The minimum atomic E-state index is 0.558. The Balaban J connectivity index is 1.61. The summed E-state index contributed by atoms with van der Waals surface area (Å²) in [7, 11) is 0. The third kappa shape index (κ3) is 4.55. The minimum Gasteiger partial charge on any atom is -0.375 e. The highest BCUT2D eigenvalue weighted by molar-refractivity contribution is 4.79. The van der Waals surface area contributed by atoms with Gasteiger partial charge in [0.2, 0.25) is 0 Å². The van der Waals surface area contributed by atoms with Crippen molar-refractivity contribution >= 4 is 0 Å². The largest absolute Gasteiger partial charge is 0.375 e. The van der Waals surface area contributed by atoms with Crippen LogP contribution in [0.15, 0.2) is 0 Å². The van der Waals surface area contributed by atoms with Crippen LogP contribution in [0, 0.1) is 5.92 Å². The summed E-state index contributed by atoms with van der Waals surface area (Å²) in [5, 5.41) is 3.65. The Morgan fingerprint density at radius 3 is 2.00 bits per heavy atom. The fourth-order valence-electron chi connectivity index (χ4n) is 3.39. The second-order valence-electron chi connectivity index (χ2n) is 6.45. The molecule has 0 aliphatic heterocycles. The van der Waals surface area contributed by atoms with E-state index in [4.69, 9.17) is 4.74 Å². The van der Waals surface area contributed by atoms with E-state index in [0.29, 0.717) is 12.2 Å². The molecule has 2 nitrogen and oxygen atoms in total. The second-order valence-corrected chi connectivity index (χ2v) is 6.45. The van der Waals surface area contributed by atoms with Crippen LogP contribution >= 0.6 is 0 Å². The number of nitrogens with one attached hydrogen (secondary N) is 1. The van der Waals surface area contributed by atoms with E-state index < -0.39 is 0 Å². The Morgan fingerprint density at radius 1 is 0.889 bits per heavy atom. The molecule has 1 N–H and O–H groups in total. The maximum atomic E-state index is 6.31. The van der Waals surface area contributed by atoms with E-state index in [1.54, 1.807) is 0 Å². The monoisotopic (exact) mass is 253 g/mol. The highest BCUT2D eigenvalue weighted by Crippen LogP contribution is 2.29. The first-order chi connectivity index (χ1) is 8.78. The zero-order valence-electron chi connectivity index (χ0n) is 12.3. The van der Waals surface area contributed by atoms with Crippen LogP contribution in [0.4, 0.5) is 0 Å². The van der Waals surface area contributed by atoms with Crippen molar-refractivity contribution < 1.29 is 4.74 Å². The lowest BCUT2D eigenvalue weighted by atomic mass is 9.88. The van der Waals surface area contributed by atoms with Crippen LogP contribution in [0.1, 0.15) is 71.6 Å². The molecule has 0 spiro atoms. The van der Waals surface area contributed by atoms with Gasteiger partial charge in [-0.05, 0) is 70.3 Å². The van der Waals surface area contributed by atoms with Gasteiger partial charge < -0.3 is 10.1 Å². The van der Waals surface area contributed by atoms with E-state index in [1.165, 1.54) is 64.3 Å². The summed E-state index contributed by atoms with van der Waals surface area (Å²) in [5.41, 5.74) is 0. The molecule has 18 heavy (non-hydrogen) atoms. The second kappa shape index (κ2) is 7.49. The summed E-state index contributed by atoms with van der Waals surface area (Å²) in [6.07, 6.45) is 12.9. The summed E-state index contributed by atoms with van der Waals surface area (Å²) in [4.78, 5) is 0. The average Bonchev–Trinajstić information content (AvgIpc) is 2.41. The predicted molar refractivity (Wildman–Crippen MR) is 76.8 cm³/mol. The molecular weight excluding hydrogens is 222 g/mol. The van der Waals surface area contributed by atoms with Gasteiger partial charge in [-0.1, -0.05) is 13.8 Å². The molecular formula is C16H31NO. The lowest BCUT2D eigenvalue weighted by molar-refractivity contribution is -0.0529. The number of rotatable bonds is 5. The minimum absolute atomic E-state index is 0.558. The average molecular weight is 253 g/mol. The van der Waals surface area contributed by atoms with Gasteiger partial charge in [0.25, 0.3) is 0 Å². The lowest BCUT2D eigenvalue weighted by Gasteiger charge is -2.34. The predicted octanol–water partition coefficient (Wildman–Crippen LogP) is 3.89. The first-order valence-electron chi connectivity index (χ1n) is 8.16. The Morgan fingerprint density at radius 2 is 1.44 bits per heavy atom.